The quantitative estimate of drug-likeness (QED) is 0.764. The predicted octanol–water partition coefficient (Wildman–Crippen LogP) is 2.81. The van der Waals surface area contributed by atoms with Gasteiger partial charge in [0.1, 0.15) is 0 Å². The van der Waals surface area contributed by atoms with E-state index < -0.39 is 0 Å². The normalized spacial score (nSPS) is 11.3. The minimum Gasteiger partial charge on any atom is -0.361 e. The summed E-state index contributed by atoms with van der Waals surface area (Å²) in [6.45, 7) is 5.84. The highest BCUT2D eigenvalue weighted by Gasteiger charge is 2.05. The van der Waals surface area contributed by atoms with Gasteiger partial charge in [0.2, 0.25) is 0 Å². The van der Waals surface area contributed by atoms with E-state index in [1.165, 1.54) is 27.7 Å². The third-order valence-corrected chi connectivity index (χ3v) is 3.80. The van der Waals surface area contributed by atoms with E-state index in [1.807, 2.05) is 11.7 Å². The van der Waals surface area contributed by atoms with Crippen LogP contribution in [0, 0.1) is 13.8 Å². The van der Waals surface area contributed by atoms with Gasteiger partial charge in [0.15, 0.2) is 0 Å². The highest BCUT2D eigenvalue weighted by molar-refractivity contribution is 5.85. The summed E-state index contributed by atoms with van der Waals surface area (Å²) in [6, 6.07) is 8.52. The van der Waals surface area contributed by atoms with Crippen molar-refractivity contribution < 1.29 is 0 Å². The first kappa shape index (κ1) is 12.9. The van der Waals surface area contributed by atoms with Crippen LogP contribution < -0.4 is 5.32 Å². The van der Waals surface area contributed by atoms with E-state index in [0.717, 1.165) is 18.8 Å². The van der Waals surface area contributed by atoms with Crippen molar-refractivity contribution in [1.29, 1.82) is 0 Å². The molecule has 0 fully saturated rings. The Morgan fingerprint density at radius 1 is 1.25 bits per heavy atom. The van der Waals surface area contributed by atoms with E-state index in [9.17, 15) is 0 Å². The number of para-hydroxylation sites is 1. The Balaban J connectivity index is 1.70. The van der Waals surface area contributed by atoms with Crippen LogP contribution in [0.2, 0.25) is 0 Å². The van der Waals surface area contributed by atoms with Crippen molar-refractivity contribution in [2.75, 3.05) is 0 Å². The molecular weight excluding hydrogens is 248 g/mol. The van der Waals surface area contributed by atoms with Gasteiger partial charge in [-0.3, -0.25) is 4.68 Å². The Hall–Kier alpha value is -2.07. The third kappa shape index (κ3) is 2.34. The number of aryl methyl sites for hydroxylation is 3. The summed E-state index contributed by atoms with van der Waals surface area (Å²) >= 11 is 0. The molecule has 0 radical (unpaired) electrons. The van der Waals surface area contributed by atoms with Gasteiger partial charge < -0.3 is 10.3 Å². The SMILES string of the molecule is Cc1cccc2c(CNCc3cc(C)n(C)n3)c[nH]c12. The van der Waals surface area contributed by atoms with Crippen molar-refractivity contribution in [3.63, 3.8) is 0 Å². The number of H-pyrrole nitrogens is 1. The Morgan fingerprint density at radius 3 is 2.85 bits per heavy atom. The summed E-state index contributed by atoms with van der Waals surface area (Å²) in [7, 11) is 1.97. The van der Waals surface area contributed by atoms with Crippen molar-refractivity contribution in [3.8, 4) is 0 Å². The first-order valence-corrected chi connectivity index (χ1v) is 6.91. The number of nitrogens with zero attached hydrogens (tertiary/aromatic N) is 2. The molecule has 0 amide bonds. The Kier molecular flexibility index (Phi) is 3.32. The van der Waals surface area contributed by atoms with Crippen LogP contribution in [0.5, 0.6) is 0 Å². The second-order valence-corrected chi connectivity index (χ2v) is 5.32. The molecule has 0 spiro atoms. The lowest BCUT2D eigenvalue weighted by Crippen LogP contribution is -2.13. The topological polar surface area (TPSA) is 45.6 Å². The summed E-state index contributed by atoms with van der Waals surface area (Å²) in [4.78, 5) is 3.36. The van der Waals surface area contributed by atoms with Gasteiger partial charge in [0.25, 0.3) is 0 Å². The average molecular weight is 268 g/mol. The van der Waals surface area contributed by atoms with Gasteiger partial charge in [-0.2, -0.15) is 5.10 Å². The van der Waals surface area contributed by atoms with Gasteiger partial charge in [0.05, 0.1) is 5.69 Å². The summed E-state index contributed by atoms with van der Waals surface area (Å²) in [5, 5.41) is 9.21. The van der Waals surface area contributed by atoms with Gasteiger partial charge in [-0.15, -0.1) is 0 Å². The number of hydrogen-bond acceptors (Lipinski definition) is 2. The van der Waals surface area contributed by atoms with Crippen molar-refractivity contribution >= 4 is 10.9 Å². The molecule has 1 aromatic carbocycles. The molecule has 0 aliphatic heterocycles. The van der Waals surface area contributed by atoms with Gasteiger partial charge in [0, 0.05) is 42.9 Å². The van der Waals surface area contributed by atoms with Crippen LogP contribution in [0.1, 0.15) is 22.5 Å². The van der Waals surface area contributed by atoms with Crippen molar-refractivity contribution in [2.45, 2.75) is 26.9 Å². The van der Waals surface area contributed by atoms with Crippen molar-refractivity contribution in [2.24, 2.45) is 7.05 Å². The van der Waals surface area contributed by atoms with Crippen LogP contribution in [-0.4, -0.2) is 14.8 Å². The van der Waals surface area contributed by atoms with Gasteiger partial charge in [-0.1, -0.05) is 18.2 Å². The second kappa shape index (κ2) is 5.13. The molecule has 0 saturated heterocycles. The number of nitrogens with one attached hydrogen (secondary N) is 2. The predicted molar refractivity (Wildman–Crippen MR) is 81.5 cm³/mol. The zero-order valence-corrected chi connectivity index (χ0v) is 12.2. The smallest absolute Gasteiger partial charge is 0.0765 e. The van der Waals surface area contributed by atoms with E-state index in [1.54, 1.807) is 0 Å². The largest absolute Gasteiger partial charge is 0.361 e. The second-order valence-electron chi connectivity index (χ2n) is 5.32. The lowest BCUT2D eigenvalue weighted by atomic mass is 10.1. The minimum atomic E-state index is 0.792. The number of hydrogen-bond donors (Lipinski definition) is 2. The van der Waals surface area contributed by atoms with E-state index >= 15 is 0 Å². The number of aromatic nitrogens is 3. The van der Waals surface area contributed by atoms with Gasteiger partial charge >= 0.3 is 0 Å². The molecule has 4 nitrogen and oxygen atoms in total. The van der Waals surface area contributed by atoms with Crippen molar-refractivity contribution in [3.05, 3.63) is 53.0 Å². The molecule has 4 heteroatoms. The maximum absolute atomic E-state index is 4.45. The molecule has 104 valence electrons. The van der Waals surface area contributed by atoms with Crippen LogP contribution in [0.15, 0.2) is 30.5 Å². The minimum absolute atomic E-state index is 0.792. The molecule has 20 heavy (non-hydrogen) atoms. The first-order valence-electron chi connectivity index (χ1n) is 6.91. The highest BCUT2D eigenvalue weighted by atomic mass is 15.3. The first-order chi connectivity index (χ1) is 9.65. The molecule has 0 aliphatic rings. The molecule has 0 atom stereocenters. The summed E-state index contributed by atoms with van der Waals surface area (Å²) < 4.78 is 1.91. The van der Waals surface area contributed by atoms with Crippen molar-refractivity contribution in [1.82, 2.24) is 20.1 Å². The third-order valence-electron chi connectivity index (χ3n) is 3.80. The Morgan fingerprint density at radius 2 is 2.10 bits per heavy atom. The molecule has 0 bridgehead atoms. The fourth-order valence-electron chi connectivity index (χ4n) is 2.56. The Labute approximate surface area is 118 Å². The van der Waals surface area contributed by atoms with E-state index in [4.69, 9.17) is 0 Å². The van der Waals surface area contributed by atoms with E-state index in [-0.39, 0.29) is 0 Å². The number of aromatic amines is 1. The van der Waals surface area contributed by atoms with Gasteiger partial charge in [-0.25, -0.2) is 0 Å². The highest BCUT2D eigenvalue weighted by Crippen LogP contribution is 2.21. The van der Waals surface area contributed by atoms with Crippen LogP contribution in [0.3, 0.4) is 0 Å². The number of benzene rings is 1. The summed E-state index contributed by atoms with van der Waals surface area (Å²) in [5.41, 5.74) is 6.09. The summed E-state index contributed by atoms with van der Waals surface area (Å²) in [5.74, 6) is 0. The van der Waals surface area contributed by atoms with Crippen LogP contribution in [-0.2, 0) is 20.1 Å². The average Bonchev–Trinajstić information content (AvgIpc) is 2.96. The lowest BCUT2D eigenvalue weighted by Gasteiger charge is -2.02. The number of fused-ring (bicyclic) bond motifs is 1. The monoisotopic (exact) mass is 268 g/mol. The van der Waals surface area contributed by atoms with Crippen LogP contribution in [0.25, 0.3) is 10.9 Å². The number of rotatable bonds is 4. The fourth-order valence-corrected chi connectivity index (χ4v) is 2.56. The zero-order chi connectivity index (χ0) is 14.1. The maximum atomic E-state index is 4.45. The van der Waals surface area contributed by atoms with E-state index in [2.05, 4.69) is 59.7 Å². The molecule has 0 unspecified atom stereocenters. The van der Waals surface area contributed by atoms with Gasteiger partial charge in [-0.05, 0) is 31.0 Å². The maximum Gasteiger partial charge on any atom is 0.0765 e. The Bertz CT molecular complexity index is 717. The molecule has 0 aliphatic carbocycles. The van der Waals surface area contributed by atoms with Crippen LogP contribution >= 0.6 is 0 Å². The summed E-state index contributed by atoms with van der Waals surface area (Å²) in [6.07, 6.45) is 2.09. The standard InChI is InChI=1S/C16H20N4/c1-11-5-4-6-15-13(9-18-16(11)15)8-17-10-14-7-12(2)20(3)19-14/h4-7,9,17-18H,8,10H2,1-3H3. The molecule has 2 N–H and O–H groups in total. The lowest BCUT2D eigenvalue weighted by molar-refractivity contribution is 0.654. The molecule has 0 saturated carbocycles. The van der Waals surface area contributed by atoms with E-state index in [0.29, 0.717) is 0 Å². The molecule has 2 heterocycles. The molecular formula is C16H20N4. The zero-order valence-electron chi connectivity index (χ0n) is 12.2. The molecule has 3 rings (SSSR count). The fraction of sp³-hybridized carbons (Fsp3) is 0.312. The molecule has 3 aromatic rings. The van der Waals surface area contributed by atoms with Crippen LogP contribution in [0.4, 0.5) is 0 Å². The molecule has 2 aromatic heterocycles.